The summed E-state index contributed by atoms with van der Waals surface area (Å²) >= 11 is 0. The number of nitrogens with zero attached hydrogens (tertiary/aromatic N) is 2. The lowest BCUT2D eigenvalue weighted by Gasteiger charge is -2.38. The largest absolute Gasteiger partial charge is 0.361 e. The smallest absolute Gasteiger partial charge is 0.237 e. The van der Waals surface area contributed by atoms with Crippen molar-refractivity contribution in [2.75, 3.05) is 20.1 Å². The second-order valence-corrected chi connectivity index (χ2v) is 11.5. The summed E-state index contributed by atoms with van der Waals surface area (Å²) in [6.07, 6.45) is 9.10. The maximum atomic E-state index is 13.0. The van der Waals surface area contributed by atoms with E-state index >= 15 is 0 Å². The van der Waals surface area contributed by atoms with E-state index < -0.39 is 0 Å². The highest BCUT2D eigenvalue weighted by molar-refractivity contribution is 5.92. The average molecular weight is 493 g/mol. The van der Waals surface area contributed by atoms with Gasteiger partial charge in [0, 0.05) is 48.2 Å². The van der Waals surface area contributed by atoms with E-state index in [0.29, 0.717) is 29.8 Å². The molecule has 2 saturated heterocycles. The molecular weight excluding hydrogens is 448 g/mol. The van der Waals surface area contributed by atoms with Crippen LogP contribution in [0.2, 0.25) is 0 Å². The van der Waals surface area contributed by atoms with Crippen LogP contribution >= 0.6 is 0 Å². The van der Waals surface area contributed by atoms with Gasteiger partial charge in [-0.1, -0.05) is 37.5 Å². The molecule has 196 valence electrons. The number of carbonyl (C=O) groups is 1. The molecule has 3 fully saturated rings. The van der Waals surface area contributed by atoms with Gasteiger partial charge in [-0.05, 0) is 64.6 Å². The molecule has 1 unspecified atom stereocenters. The summed E-state index contributed by atoms with van der Waals surface area (Å²) in [6, 6.07) is 9.25. The number of amides is 1. The number of rotatable bonds is 7. The number of benzene rings is 1. The molecule has 7 heteroatoms. The summed E-state index contributed by atoms with van der Waals surface area (Å²) in [5.41, 5.74) is 2.55. The van der Waals surface area contributed by atoms with Crippen LogP contribution in [0.25, 0.3) is 10.9 Å². The third-order valence-corrected chi connectivity index (χ3v) is 9.20. The van der Waals surface area contributed by atoms with Crippen LogP contribution in [-0.2, 0) is 4.79 Å². The Morgan fingerprint density at radius 2 is 1.86 bits per heavy atom. The fourth-order valence-electron chi connectivity index (χ4n) is 7.14. The minimum atomic E-state index is -0.267. The molecule has 5 atom stereocenters. The Bertz CT molecular complexity index is 1070. The lowest BCUT2D eigenvalue weighted by molar-refractivity contribution is -0.123. The number of aromatic nitrogens is 1. The van der Waals surface area contributed by atoms with Gasteiger partial charge in [0.05, 0.1) is 18.1 Å². The van der Waals surface area contributed by atoms with Crippen molar-refractivity contribution in [2.24, 2.45) is 5.92 Å². The maximum Gasteiger partial charge on any atom is 0.237 e. The van der Waals surface area contributed by atoms with E-state index in [-0.39, 0.29) is 24.0 Å². The first-order valence-corrected chi connectivity index (χ1v) is 14.0. The number of likely N-dealkylation sites (tertiary alicyclic amines) is 2. The van der Waals surface area contributed by atoms with E-state index in [0.717, 1.165) is 32.4 Å². The molecule has 5 rings (SSSR count). The van der Waals surface area contributed by atoms with Gasteiger partial charge in [0.25, 0.3) is 0 Å². The van der Waals surface area contributed by atoms with Gasteiger partial charge in [-0.15, -0.1) is 0 Å². The molecule has 1 aromatic carbocycles. The van der Waals surface area contributed by atoms with Gasteiger partial charge >= 0.3 is 0 Å². The number of hydrogen-bond donors (Lipinski definition) is 4. The van der Waals surface area contributed by atoms with Crippen LogP contribution in [0.4, 0.5) is 0 Å². The molecule has 4 N–H and O–H groups in total. The normalized spacial score (nSPS) is 26.9. The number of likely N-dealkylation sites (N-methyl/N-ethyl adjacent to an activating group) is 1. The quantitative estimate of drug-likeness (QED) is 0.347. The van der Waals surface area contributed by atoms with E-state index in [4.69, 9.17) is 0 Å². The third-order valence-electron chi connectivity index (χ3n) is 9.20. The first-order valence-electron chi connectivity index (χ1n) is 14.0. The molecule has 1 saturated carbocycles. The zero-order valence-electron chi connectivity index (χ0n) is 22.4. The zero-order chi connectivity index (χ0) is 25.4. The van der Waals surface area contributed by atoms with Crippen LogP contribution < -0.4 is 10.6 Å². The Labute approximate surface area is 215 Å². The Balaban J connectivity index is 1.47. The minimum absolute atomic E-state index is 0.00280. The molecule has 1 aliphatic carbocycles. The predicted octanol–water partition coefficient (Wildman–Crippen LogP) is 4.07. The molecule has 1 amide bonds. The van der Waals surface area contributed by atoms with Crippen molar-refractivity contribution in [3.05, 3.63) is 36.0 Å². The van der Waals surface area contributed by atoms with Gasteiger partial charge in [-0.2, -0.15) is 0 Å². The highest BCUT2D eigenvalue weighted by Crippen LogP contribution is 2.44. The van der Waals surface area contributed by atoms with Gasteiger partial charge < -0.3 is 20.5 Å². The molecule has 3 aliphatic rings. The summed E-state index contributed by atoms with van der Waals surface area (Å²) in [5.74, 6) is 1.29. The van der Waals surface area contributed by atoms with Gasteiger partial charge in [-0.25, -0.2) is 0 Å². The summed E-state index contributed by atoms with van der Waals surface area (Å²) in [6.45, 7) is 8.39. The summed E-state index contributed by atoms with van der Waals surface area (Å²) < 4.78 is 0. The highest BCUT2D eigenvalue weighted by Gasteiger charge is 2.52. The third kappa shape index (κ3) is 4.56. The summed E-state index contributed by atoms with van der Waals surface area (Å²) in [7, 11) is 1.82. The summed E-state index contributed by atoms with van der Waals surface area (Å²) in [5, 5.41) is 17.2. The van der Waals surface area contributed by atoms with E-state index in [1.165, 1.54) is 35.7 Å². The van der Waals surface area contributed by atoms with Gasteiger partial charge in [0.15, 0.2) is 0 Å². The SMILES string of the molecule is CN[C@@H](C)C(=O)NC(C(=N)N1CC[C@@H]2[C@H]1[C@@H](c1c[nH]c3ccccc13)CN2C(C)C)C1CCCCC1. The Morgan fingerprint density at radius 3 is 2.58 bits per heavy atom. The number of aromatic amines is 1. The Morgan fingerprint density at radius 1 is 1.11 bits per heavy atom. The van der Waals surface area contributed by atoms with E-state index in [1.807, 2.05) is 14.0 Å². The zero-order valence-corrected chi connectivity index (χ0v) is 22.4. The van der Waals surface area contributed by atoms with Crippen molar-refractivity contribution in [3.63, 3.8) is 0 Å². The fourth-order valence-corrected chi connectivity index (χ4v) is 7.14. The maximum absolute atomic E-state index is 13.0. The van der Waals surface area contributed by atoms with Crippen LogP contribution in [0.1, 0.15) is 70.8 Å². The van der Waals surface area contributed by atoms with E-state index in [1.54, 1.807) is 0 Å². The molecule has 0 bridgehead atoms. The van der Waals surface area contributed by atoms with Crippen LogP contribution in [0.15, 0.2) is 30.5 Å². The number of hydrogen-bond acceptors (Lipinski definition) is 4. The predicted molar refractivity (Wildman–Crippen MR) is 147 cm³/mol. The van der Waals surface area contributed by atoms with Crippen molar-refractivity contribution >= 4 is 22.6 Å². The van der Waals surface area contributed by atoms with Crippen LogP contribution in [0.5, 0.6) is 0 Å². The second-order valence-electron chi connectivity index (χ2n) is 11.5. The number of nitrogens with one attached hydrogen (secondary N) is 4. The van der Waals surface area contributed by atoms with Crippen LogP contribution in [-0.4, -0.2) is 76.9 Å². The Hall–Kier alpha value is -2.38. The number of carbonyl (C=O) groups excluding carboxylic acids is 1. The second kappa shape index (κ2) is 10.5. The number of H-pyrrole nitrogens is 1. The van der Waals surface area contributed by atoms with Gasteiger partial charge in [0.1, 0.15) is 5.84 Å². The standard InChI is InChI=1S/C29H44N6O/c1-18(2)35-17-23(22-16-32-24-13-9-8-12-21(22)24)27-25(35)14-15-34(27)28(30)26(20-10-6-5-7-11-20)33-29(36)19(3)31-4/h8-9,12-13,16,18-20,23,25-27,30-32H,5-7,10-11,14-15,17H2,1-4H3,(H,33,36)/t19-,23+,25+,26?,27+/m0/s1. The van der Waals surface area contributed by atoms with Crippen LogP contribution in [0, 0.1) is 11.3 Å². The molecular formula is C29H44N6O. The molecule has 2 aliphatic heterocycles. The van der Waals surface area contributed by atoms with Crippen LogP contribution in [0.3, 0.4) is 0 Å². The van der Waals surface area contributed by atoms with Gasteiger partial charge in [0.2, 0.25) is 5.91 Å². The summed E-state index contributed by atoms with van der Waals surface area (Å²) in [4.78, 5) is 21.5. The minimum Gasteiger partial charge on any atom is -0.361 e. The lowest BCUT2D eigenvalue weighted by Crippen LogP contribution is -2.57. The molecule has 7 nitrogen and oxygen atoms in total. The molecule has 36 heavy (non-hydrogen) atoms. The lowest BCUT2D eigenvalue weighted by atomic mass is 9.82. The monoisotopic (exact) mass is 492 g/mol. The molecule has 0 radical (unpaired) electrons. The first kappa shape index (κ1) is 25.3. The number of para-hydroxylation sites is 1. The molecule has 3 heterocycles. The van der Waals surface area contributed by atoms with Gasteiger partial charge in [-0.3, -0.25) is 15.1 Å². The molecule has 0 spiro atoms. The van der Waals surface area contributed by atoms with E-state index in [9.17, 15) is 10.2 Å². The Kier molecular flexibility index (Phi) is 7.40. The average Bonchev–Trinajstić information content (AvgIpc) is 3.61. The first-order chi connectivity index (χ1) is 17.4. The number of amidine groups is 1. The van der Waals surface area contributed by atoms with Crippen molar-refractivity contribution in [3.8, 4) is 0 Å². The van der Waals surface area contributed by atoms with Crippen molar-refractivity contribution < 1.29 is 4.79 Å². The van der Waals surface area contributed by atoms with Crippen molar-refractivity contribution in [1.82, 2.24) is 25.4 Å². The fraction of sp³-hybridized carbons (Fsp3) is 0.655. The molecule has 1 aromatic heterocycles. The number of fused-ring (bicyclic) bond motifs is 2. The molecule has 2 aromatic rings. The highest BCUT2D eigenvalue weighted by atomic mass is 16.2. The van der Waals surface area contributed by atoms with Crippen molar-refractivity contribution in [1.29, 1.82) is 5.41 Å². The topological polar surface area (TPSA) is 87.2 Å². The van der Waals surface area contributed by atoms with E-state index in [2.05, 4.69) is 69.7 Å². The van der Waals surface area contributed by atoms with Crippen molar-refractivity contribution in [2.45, 2.75) is 95.4 Å².